The van der Waals surface area contributed by atoms with E-state index in [-0.39, 0.29) is 0 Å². The second kappa shape index (κ2) is 7.42. The van der Waals surface area contributed by atoms with Gasteiger partial charge in [0.25, 0.3) is 0 Å². The van der Waals surface area contributed by atoms with Gasteiger partial charge in [-0.1, -0.05) is 44.2 Å². The van der Waals surface area contributed by atoms with Crippen LogP contribution < -0.4 is 5.32 Å². The molecular weight excluding hydrogens is 198 g/mol. The first-order valence-electron chi connectivity index (χ1n) is 6.09. The van der Waals surface area contributed by atoms with Crippen LogP contribution in [-0.4, -0.2) is 26.3 Å². The molecule has 1 N–H and O–H groups in total. The minimum atomic E-state index is 0.383. The van der Waals surface area contributed by atoms with Gasteiger partial charge in [-0.05, 0) is 24.9 Å². The fourth-order valence-electron chi connectivity index (χ4n) is 1.82. The van der Waals surface area contributed by atoms with E-state index in [1.165, 1.54) is 5.56 Å². The van der Waals surface area contributed by atoms with E-state index in [4.69, 9.17) is 4.74 Å². The van der Waals surface area contributed by atoms with Crippen LogP contribution in [0.1, 0.15) is 31.7 Å². The number of hydrogen-bond acceptors (Lipinski definition) is 2. The lowest BCUT2D eigenvalue weighted by Gasteiger charge is -2.23. The lowest BCUT2D eigenvalue weighted by atomic mass is 9.94. The number of rotatable bonds is 7. The van der Waals surface area contributed by atoms with E-state index in [1.807, 2.05) is 7.05 Å². The summed E-state index contributed by atoms with van der Waals surface area (Å²) in [6.45, 7) is 6.00. The summed E-state index contributed by atoms with van der Waals surface area (Å²) >= 11 is 0. The molecule has 0 aromatic heterocycles. The van der Waals surface area contributed by atoms with Crippen LogP contribution in [-0.2, 0) is 4.74 Å². The molecule has 0 aliphatic carbocycles. The van der Waals surface area contributed by atoms with Crippen molar-refractivity contribution in [3.8, 4) is 0 Å². The second-order valence-electron chi connectivity index (χ2n) is 4.17. The third kappa shape index (κ3) is 3.95. The van der Waals surface area contributed by atoms with E-state index in [1.54, 1.807) is 0 Å². The molecular formula is C14H23NO. The van der Waals surface area contributed by atoms with Gasteiger partial charge in [-0.3, -0.25) is 0 Å². The van der Waals surface area contributed by atoms with Gasteiger partial charge < -0.3 is 10.1 Å². The van der Waals surface area contributed by atoms with Crippen molar-refractivity contribution >= 4 is 0 Å². The molecule has 1 rings (SSSR count). The quantitative estimate of drug-likeness (QED) is 0.715. The topological polar surface area (TPSA) is 21.3 Å². The summed E-state index contributed by atoms with van der Waals surface area (Å²) in [5.41, 5.74) is 1.36. The van der Waals surface area contributed by atoms with Crippen molar-refractivity contribution in [3.63, 3.8) is 0 Å². The highest BCUT2D eigenvalue weighted by molar-refractivity contribution is 5.20. The summed E-state index contributed by atoms with van der Waals surface area (Å²) in [6.07, 6.45) is 1.08. The van der Waals surface area contributed by atoms with E-state index in [2.05, 4.69) is 49.5 Å². The van der Waals surface area contributed by atoms with Crippen LogP contribution in [0.2, 0.25) is 0 Å². The SMILES string of the molecule is CCCOCC(NC)C(C)c1ccccc1. The lowest BCUT2D eigenvalue weighted by Crippen LogP contribution is -2.35. The van der Waals surface area contributed by atoms with Crippen molar-refractivity contribution in [1.29, 1.82) is 0 Å². The first kappa shape index (κ1) is 13.2. The number of ether oxygens (including phenoxy) is 1. The summed E-state index contributed by atoms with van der Waals surface area (Å²) in [5, 5.41) is 3.33. The van der Waals surface area contributed by atoms with Crippen LogP contribution in [0.3, 0.4) is 0 Å². The van der Waals surface area contributed by atoms with Crippen LogP contribution in [0.15, 0.2) is 30.3 Å². The minimum Gasteiger partial charge on any atom is -0.380 e. The zero-order valence-electron chi connectivity index (χ0n) is 10.6. The molecule has 16 heavy (non-hydrogen) atoms. The zero-order chi connectivity index (χ0) is 11.8. The molecule has 0 heterocycles. The maximum atomic E-state index is 5.62. The van der Waals surface area contributed by atoms with Gasteiger partial charge in [-0.2, -0.15) is 0 Å². The maximum absolute atomic E-state index is 5.62. The molecule has 1 aromatic rings. The van der Waals surface area contributed by atoms with Gasteiger partial charge in [0, 0.05) is 12.6 Å². The Morgan fingerprint density at radius 3 is 2.50 bits per heavy atom. The highest BCUT2D eigenvalue weighted by Gasteiger charge is 2.16. The Morgan fingerprint density at radius 1 is 1.25 bits per heavy atom. The van der Waals surface area contributed by atoms with Crippen LogP contribution in [0.5, 0.6) is 0 Å². The summed E-state index contributed by atoms with van der Waals surface area (Å²) in [4.78, 5) is 0. The fourth-order valence-corrected chi connectivity index (χ4v) is 1.82. The second-order valence-corrected chi connectivity index (χ2v) is 4.17. The number of hydrogen-bond donors (Lipinski definition) is 1. The number of benzene rings is 1. The summed E-state index contributed by atoms with van der Waals surface area (Å²) in [5.74, 6) is 0.475. The van der Waals surface area contributed by atoms with Gasteiger partial charge in [0.05, 0.1) is 6.61 Å². The predicted octanol–water partition coefficient (Wildman–Crippen LogP) is 2.80. The Labute approximate surface area is 99.0 Å². The predicted molar refractivity (Wildman–Crippen MR) is 68.8 cm³/mol. The largest absolute Gasteiger partial charge is 0.380 e. The van der Waals surface area contributed by atoms with Gasteiger partial charge in [-0.15, -0.1) is 0 Å². The van der Waals surface area contributed by atoms with Crippen LogP contribution in [0.4, 0.5) is 0 Å². The van der Waals surface area contributed by atoms with E-state index in [9.17, 15) is 0 Å². The number of likely N-dealkylation sites (N-methyl/N-ethyl adjacent to an activating group) is 1. The van der Waals surface area contributed by atoms with E-state index in [0.29, 0.717) is 12.0 Å². The van der Waals surface area contributed by atoms with E-state index >= 15 is 0 Å². The Kier molecular flexibility index (Phi) is 6.12. The Hall–Kier alpha value is -0.860. The van der Waals surface area contributed by atoms with Crippen molar-refractivity contribution in [2.75, 3.05) is 20.3 Å². The molecule has 0 amide bonds. The molecule has 0 bridgehead atoms. The molecule has 2 unspecified atom stereocenters. The normalized spacial score (nSPS) is 14.7. The Bertz CT molecular complexity index is 273. The van der Waals surface area contributed by atoms with Crippen molar-refractivity contribution < 1.29 is 4.74 Å². The molecule has 1 aromatic carbocycles. The van der Waals surface area contributed by atoms with Crippen LogP contribution >= 0.6 is 0 Å². The van der Waals surface area contributed by atoms with Crippen LogP contribution in [0.25, 0.3) is 0 Å². The average molecular weight is 221 g/mol. The van der Waals surface area contributed by atoms with Gasteiger partial charge >= 0.3 is 0 Å². The summed E-state index contributed by atoms with van der Waals surface area (Å²) in [7, 11) is 2.00. The molecule has 90 valence electrons. The maximum Gasteiger partial charge on any atom is 0.0625 e. The molecule has 0 saturated heterocycles. The van der Waals surface area contributed by atoms with E-state index < -0.39 is 0 Å². The monoisotopic (exact) mass is 221 g/mol. The highest BCUT2D eigenvalue weighted by Crippen LogP contribution is 2.18. The van der Waals surface area contributed by atoms with Crippen LogP contribution in [0, 0.1) is 0 Å². The Balaban J connectivity index is 2.52. The lowest BCUT2D eigenvalue weighted by molar-refractivity contribution is 0.108. The van der Waals surface area contributed by atoms with Crippen molar-refractivity contribution in [1.82, 2.24) is 5.32 Å². The zero-order valence-corrected chi connectivity index (χ0v) is 10.6. The first-order chi connectivity index (χ1) is 7.79. The third-order valence-electron chi connectivity index (χ3n) is 2.95. The molecule has 2 heteroatoms. The van der Waals surface area contributed by atoms with Gasteiger partial charge in [0.1, 0.15) is 0 Å². The molecule has 0 aliphatic heterocycles. The summed E-state index contributed by atoms with van der Waals surface area (Å²) < 4.78 is 5.62. The molecule has 0 fully saturated rings. The third-order valence-corrected chi connectivity index (χ3v) is 2.95. The molecule has 0 spiro atoms. The average Bonchev–Trinajstić information content (AvgIpc) is 2.35. The standard InChI is InChI=1S/C14H23NO/c1-4-10-16-11-14(15-3)12(2)13-8-6-5-7-9-13/h5-9,12,14-15H,4,10-11H2,1-3H3. The van der Waals surface area contributed by atoms with Gasteiger partial charge in [0.15, 0.2) is 0 Å². The molecule has 0 aliphatic rings. The van der Waals surface area contributed by atoms with Gasteiger partial charge in [-0.25, -0.2) is 0 Å². The highest BCUT2D eigenvalue weighted by atomic mass is 16.5. The first-order valence-corrected chi connectivity index (χ1v) is 6.09. The minimum absolute atomic E-state index is 0.383. The molecule has 2 atom stereocenters. The van der Waals surface area contributed by atoms with Crippen molar-refractivity contribution in [3.05, 3.63) is 35.9 Å². The van der Waals surface area contributed by atoms with Crippen molar-refractivity contribution in [2.24, 2.45) is 0 Å². The number of nitrogens with one attached hydrogen (secondary N) is 1. The van der Waals surface area contributed by atoms with E-state index in [0.717, 1.165) is 19.6 Å². The molecule has 2 nitrogen and oxygen atoms in total. The smallest absolute Gasteiger partial charge is 0.0625 e. The van der Waals surface area contributed by atoms with Crippen molar-refractivity contribution in [2.45, 2.75) is 32.2 Å². The van der Waals surface area contributed by atoms with Gasteiger partial charge in [0.2, 0.25) is 0 Å². The Morgan fingerprint density at radius 2 is 1.94 bits per heavy atom. The summed E-state index contributed by atoms with van der Waals surface area (Å²) in [6, 6.07) is 11.0. The fraction of sp³-hybridized carbons (Fsp3) is 0.571. The molecule has 0 radical (unpaired) electrons. The molecule has 0 saturated carbocycles.